The minimum atomic E-state index is -3.89. The monoisotopic (exact) mass is 464 g/mol. The first-order chi connectivity index (χ1) is 14.5. The SMILES string of the molecule is CCCCOCCC(COCCCS(=O)(=O)O)P(C1CCCCC1)C1CCCCC1. The minimum Gasteiger partial charge on any atom is -0.381 e. The smallest absolute Gasteiger partial charge is 0.264 e. The van der Waals surface area contributed by atoms with Gasteiger partial charge in [0.2, 0.25) is 0 Å². The Morgan fingerprint density at radius 3 is 1.97 bits per heavy atom. The topological polar surface area (TPSA) is 72.8 Å². The van der Waals surface area contributed by atoms with Gasteiger partial charge in [-0.1, -0.05) is 59.8 Å². The molecule has 0 aromatic carbocycles. The molecule has 2 rings (SSSR count). The van der Waals surface area contributed by atoms with Crippen LogP contribution in [0.1, 0.15) is 96.8 Å². The summed E-state index contributed by atoms with van der Waals surface area (Å²) in [5.41, 5.74) is 2.30. The van der Waals surface area contributed by atoms with Gasteiger partial charge in [-0.3, -0.25) is 4.55 Å². The van der Waals surface area contributed by atoms with Gasteiger partial charge in [0, 0.05) is 25.5 Å². The van der Waals surface area contributed by atoms with E-state index in [-0.39, 0.29) is 13.7 Å². The van der Waals surface area contributed by atoms with Crippen LogP contribution in [-0.2, 0) is 19.6 Å². The van der Waals surface area contributed by atoms with Gasteiger partial charge in [-0.2, -0.15) is 8.42 Å². The van der Waals surface area contributed by atoms with Crippen LogP contribution in [0.25, 0.3) is 0 Å². The van der Waals surface area contributed by atoms with E-state index in [1.165, 1.54) is 64.2 Å². The fourth-order valence-electron chi connectivity index (χ4n) is 5.10. The van der Waals surface area contributed by atoms with Crippen molar-refractivity contribution in [3.8, 4) is 0 Å². The highest BCUT2D eigenvalue weighted by molar-refractivity contribution is 7.85. The second kappa shape index (κ2) is 15.2. The van der Waals surface area contributed by atoms with Gasteiger partial charge in [0.15, 0.2) is 0 Å². The quantitative estimate of drug-likeness (QED) is 0.183. The lowest BCUT2D eigenvalue weighted by atomic mass is 9.99. The Bertz CT molecular complexity index is 512. The molecule has 30 heavy (non-hydrogen) atoms. The highest BCUT2D eigenvalue weighted by atomic mass is 32.2. The molecule has 5 nitrogen and oxygen atoms in total. The molecule has 1 N–H and O–H groups in total. The predicted octanol–water partition coefficient (Wildman–Crippen LogP) is 6.00. The van der Waals surface area contributed by atoms with Gasteiger partial charge in [-0.25, -0.2) is 0 Å². The first kappa shape index (κ1) is 26.5. The van der Waals surface area contributed by atoms with E-state index in [1.54, 1.807) is 0 Å². The van der Waals surface area contributed by atoms with E-state index >= 15 is 0 Å². The summed E-state index contributed by atoms with van der Waals surface area (Å²) in [6.07, 6.45) is 17.6. The largest absolute Gasteiger partial charge is 0.381 e. The van der Waals surface area contributed by atoms with Gasteiger partial charge in [0.05, 0.1) is 12.4 Å². The Hall–Kier alpha value is 0.260. The maximum absolute atomic E-state index is 11.0. The molecule has 7 heteroatoms. The first-order valence-corrected chi connectivity index (χ1v) is 15.5. The third kappa shape index (κ3) is 10.7. The van der Waals surface area contributed by atoms with Crippen molar-refractivity contribution in [3.63, 3.8) is 0 Å². The van der Waals surface area contributed by atoms with Crippen LogP contribution in [0.15, 0.2) is 0 Å². The van der Waals surface area contributed by atoms with Crippen LogP contribution in [0.5, 0.6) is 0 Å². The van der Waals surface area contributed by atoms with Gasteiger partial charge in [-0.05, 0) is 56.3 Å². The Morgan fingerprint density at radius 1 is 0.867 bits per heavy atom. The normalized spacial score (nSPS) is 20.6. The molecule has 0 spiro atoms. The molecule has 2 saturated carbocycles. The maximum atomic E-state index is 11.0. The van der Waals surface area contributed by atoms with Crippen molar-refractivity contribution < 1.29 is 22.4 Å². The van der Waals surface area contributed by atoms with Gasteiger partial charge in [-0.15, -0.1) is 0 Å². The molecule has 0 heterocycles. The number of rotatable bonds is 15. The lowest BCUT2D eigenvalue weighted by Crippen LogP contribution is -2.30. The van der Waals surface area contributed by atoms with Gasteiger partial charge >= 0.3 is 0 Å². The van der Waals surface area contributed by atoms with Gasteiger partial charge < -0.3 is 9.47 Å². The van der Waals surface area contributed by atoms with Crippen LogP contribution in [0, 0.1) is 0 Å². The zero-order chi connectivity index (χ0) is 21.7. The summed E-state index contributed by atoms with van der Waals surface area (Å²) in [5, 5.41) is 0. The molecule has 0 saturated heterocycles. The fourth-order valence-corrected chi connectivity index (χ4v) is 9.98. The molecule has 2 fully saturated rings. The first-order valence-electron chi connectivity index (χ1n) is 12.4. The molecule has 0 radical (unpaired) electrons. The summed E-state index contributed by atoms with van der Waals surface area (Å²) in [6, 6.07) is 0. The van der Waals surface area contributed by atoms with E-state index in [0.717, 1.165) is 50.4 Å². The van der Waals surface area contributed by atoms with Crippen LogP contribution >= 0.6 is 7.92 Å². The minimum absolute atomic E-state index is 0.101. The zero-order valence-corrected chi connectivity index (χ0v) is 20.8. The molecular weight excluding hydrogens is 419 g/mol. The van der Waals surface area contributed by atoms with E-state index in [9.17, 15) is 8.42 Å². The predicted molar refractivity (Wildman–Crippen MR) is 127 cm³/mol. The van der Waals surface area contributed by atoms with Crippen molar-refractivity contribution in [2.24, 2.45) is 0 Å². The summed E-state index contributed by atoms with van der Waals surface area (Å²) in [7, 11) is -4.00. The van der Waals surface area contributed by atoms with Crippen molar-refractivity contribution in [2.75, 3.05) is 32.2 Å². The molecule has 2 aliphatic carbocycles. The fraction of sp³-hybridized carbons (Fsp3) is 1.00. The highest BCUT2D eigenvalue weighted by Gasteiger charge is 2.36. The number of unbranched alkanes of at least 4 members (excludes halogenated alkanes) is 1. The van der Waals surface area contributed by atoms with Crippen molar-refractivity contribution in [2.45, 2.75) is 114 Å². The van der Waals surface area contributed by atoms with E-state index in [4.69, 9.17) is 14.0 Å². The van der Waals surface area contributed by atoms with E-state index < -0.39 is 10.1 Å². The number of ether oxygens (including phenoxy) is 2. The highest BCUT2D eigenvalue weighted by Crippen LogP contribution is 2.59. The van der Waals surface area contributed by atoms with Crippen molar-refractivity contribution in [1.82, 2.24) is 0 Å². The summed E-state index contributed by atoms with van der Waals surface area (Å²) >= 11 is 0. The zero-order valence-electron chi connectivity index (χ0n) is 19.1. The molecule has 178 valence electrons. The molecule has 0 aromatic rings. The Morgan fingerprint density at radius 2 is 1.43 bits per heavy atom. The van der Waals surface area contributed by atoms with E-state index in [0.29, 0.717) is 18.7 Å². The van der Waals surface area contributed by atoms with Crippen LogP contribution in [0.4, 0.5) is 0 Å². The molecule has 2 aliphatic rings. The van der Waals surface area contributed by atoms with Gasteiger partial charge in [0.25, 0.3) is 10.1 Å². The molecular formula is C23H45O5PS. The average molecular weight is 465 g/mol. The number of hydrogen-bond acceptors (Lipinski definition) is 4. The van der Waals surface area contributed by atoms with E-state index in [2.05, 4.69) is 6.92 Å². The van der Waals surface area contributed by atoms with Crippen LogP contribution < -0.4 is 0 Å². The molecule has 0 bridgehead atoms. The van der Waals surface area contributed by atoms with Crippen molar-refractivity contribution in [1.29, 1.82) is 0 Å². The van der Waals surface area contributed by atoms with Crippen molar-refractivity contribution >= 4 is 18.0 Å². The van der Waals surface area contributed by atoms with E-state index in [1.807, 2.05) is 0 Å². The summed E-state index contributed by atoms with van der Waals surface area (Å²) < 4.78 is 42.8. The van der Waals surface area contributed by atoms with Crippen LogP contribution in [0.2, 0.25) is 0 Å². The Balaban J connectivity index is 1.97. The maximum Gasteiger partial charge on any atom is 0.264 e. The third-order valence-electron chi connectivity index (χ3n) is 6.65. The Labute approximate surface area is 186 Å². The second-order valence-electron chi connectivity index (χ2n) is 9.15. The third-order valence-corrected chi connectivity index (χ3v) is 11.4. The molecule has 1 unspecified atom stereocenters. The van der Waals surface area contributed by atoms with Gasteiger partial charge in [0.1, 0.15) is 0 Å². The molecule has 0 aliphatic heterocycles. The lowest BCUT2D eigenvalue weighted by molar-refractivity contribution is 0.104. The molecule has 0 aromatic heterocycles. The standard InChI is InChI=1S/C23H45O5PS/c1-2-3-16-27-18-15-23(20-28-17-10-19-30(24,25)26)29(21-11-6-4-7-12-21)22-13-8-5-9-14-22/h21-23H,2-20H2,1H3,(H,24,25,26). The molecule has 1 atom stereocenters. The van der Waals surface area contributed by atoms with Crippen LogP contribution in [-0.4, -0.2) is 62.1 Å². The van der Waals surface area contributed by atoms with Crippen LogP contribution in [0.3, 0.4) is 0 Å². The lowest BCUT2D eigenvalue weighted by Gasteiger charge is -2.43. The Kier molecular flexibility index (Phi) is 13.4. The van der Waals surface area contributed by atoms with Crippen molar-refractivity contribution in [3.05, 3.63) is 0 Å². The summed E-state index contributed by atoms with van der Waals surface area (Å²) in [6.45, 7) is 4.99. The second-order valence-corrected chi connectivity index (χ2v) is 13.8. The number of hydrogen-bond donors (Lipinski definition) is 1. The summed E-state index contributed by atoms with van der Waals surface area (Å²) in [5.74, 6) is -0.211. The average Bonchev–Trinajstić information content (AvgIpc) is 2.74. The summed E-state index contributed by atoms with van der Waals surface area (Å²) in [4.78, 5) is 0. The molecule has 0 amide bonds.